The van der Waals surface area contributed by atoms with Gasteiger partial charge in [-0.15, -0.1) is 0 Å². The summed E-state index contributed by atoms with van der Waals surface area (Å²) in [4.78, 5) is 34.9. The number of aromatic amines is 1. The summed E-state index contributed by atoms with van der Waals surface area (Å²) >= 11 is 4.24. The van der Waals surface area contributed by atoms with E-state index >= 15 is 4.39 Å². The first-order valence-corrected chi connectivity index (χ1v) is 15.4. The predicted molar refractivity (Wildman–Crippen MR) is 143 cm³/mol. The number of hydrogen-bond donors (Lipinski definition) is 6. The lowest BCUT2D eigenvalue weighted by Gasteiger charge is -2.33. The van der Waals surface area contributed by atoms with Gasteiger partial charge in [-0.05, 0) is 0 Å². The summed E-state index contributed by atoms with van der Waals surface area (Å²) in [6.07, 6.45) is -4.03. The van der Waals surface area contributed by atoms with Crippen molar-refractivity contribution in [1.29, 1.82) is 0 Å². The molecule has 21 heteroatoms. The molecule has 3 aliphatic rings. The maximum Gasteiger partial charge on any atom is 0.280 e. The summed E-state index contributed by atoms with van der Waals surface area (Å²) in [6.45, 7) is -5.69. The molecule has 0 aromatic carbocycles. The van der Waals surface area contributed by atoms with Crippen molar-refractivity contribution in [3.8, 4) is 0 Å². The van der Waals surface area contributed by atoms with Crippen LogP contribution in [-0.2, 0) is 23.3 Å². The molecule has 0 saturated carbocycles. The first-order valence-electron chi connectivity index (χ1n) is 12.5. The van der Waals surface area contributed by atoms with Gasteiger partial charge >= 0.3 is 0 Å². The van der Waals surface area contributed by atoms with E-state index in [-0.39, 0.29) is 29.5 Å². The number of aromatic nitrogens is 8. The Hall–Kier alpha value is -3.23. The Balaban J connectivity index is 1.17. The maximum absolute atomic E-state index is 15.7. The van der Waals surface area contributed by atoms with E-state index in [0.717, 1.165) is 6.33 Å². The molecule has 4 aromatic heterocycles. The Morgan fingerprint density at radius 2 is 1.93 bits per heavy atom. The van der Waals surface area contributed by atoms with Crippen LogP contribution in [-0.4, -0.2) is 105 Å². The van der Waals surface area contributed by atoms with Gasteiger partial charge in [0.1, 0.15) is 47.6 Å². The molecule has 0 radical (unpaired) electrons. The SMILES string of the molecule is Nc1nc2c(ncn2[C@@H]2OC(CO)[C@@H](F)[C@H]2P(=O)(S)OC[C@@]23CO[C@@H]([C@H](n4cnc5c(N)ncnc54)O2)[C@@H]3O)c(=O)[nH]1. The van der Waals surface area contributed by atoms with E-state index in [2.05, 4.69) is 42.2 Å². The summed E-state index contributed by atoms with van der Waals surface area (Å²) in [5.41, 5.74) is 8.28. The van der Waals surface area contributed by atoms with Crippen LogP contribution in [0.1, 0.15) is 12.5 Å². The van der Waals surface area contributed by atoms with Crippen molar-refractivity contribution in [3.63, 3.8) is 0 Å². The number of thiol groups is 1. The largest absolute Gasteiger partial charge is 0.394 e. The second-order valence-corrected chi connectivity index (χ2v) is 13.8. The molecule has 7 rings (SSSR count). The monoisotopic (exact) mass is 626 g/mol. The second-order valence-electron chi connectivity index (χ2n) is 10.2. The number of imidazole rings is 2. The van der Waals surface area contributed by atoms with Crippen molar-refractivity contribution in [3.05, 3.63) is 29.3 Å². The minimum Gasteiger partial charge on any atom is -0.394 e. The molecule has 3 aliphatic heterocycles. The van der Waals surface area contributed by atoms with Crippen molar-refractivity contribution in [1.82, 2.24) is 39.0 Å². The molecule has 42 heavy (non-hydrogen) atoms. The number of nitrogens with two attached hydrogens (primary N) is 2. The van der Waals surface area contributed by atoms with Crippen LogP contribution >= 0.6 is 18.8 Å². The molecule has 3 fully saturated rings. The van der Waals surface area contributed by atoms with E-state index < -0.39 is 73.5 Å². The Kier molecular flexibility index (Phi) is 6.34. The van der Waals surface area contributed by atoms with Gasteiger partial charge in [-0.2, -0.15) is 4.98 Å². The van der Waals surface area contributed by atoms with Crippen molar-refractivity contribution in [2.45, 2.75) is 48.2 Å². The van der Waals surface area contributed by atoms with Crippen molar-refractivity contribution >= 4 is 52.9 Å². The summed E-state index contributed by atoms with van der Waals surface area (Å²) < 4.78 is 55.8. The zero-order valence-electron chi connectivity index (χ0n) is 21.3. The van der Waals surface area contributed by atoms with Gasteiger partial charge in [-0.1, -0.05) is 12.2 Å². The Morgan fingerprint density at radius 3 is 2.69 bits per heavy atom. The minimum absolute atomic E-state index is 0.0644. The van der Waals surface area contributed by atoms with Gasteiger partial charge in [0.15, 0.2) is 35.1 Å². The standard InChI is InChI=1S/C21H24FN10O8PS/c22-8-7(1-33)39-19(32-6-28-10-16(32)29-20(24)30-17(10)35)12(8)41(36,42)38-3-21-2-37-11(13(21)34)18(40-21)31-5-27-9-14(23)25-4-26-15(9)31/h4-8,11-13,18-19,33-34H,1-3H2,(H,36,42)(H2,23,25,26)(H3,24,29,30,35)/t7?,8-,11-,12-,13+,18-,19-,21-,41?/m1/s1. The van der Waals surface area contributed by atoms with Crippen molar-refractivity contribution in [2.24, 2.45) is 0 Å². The zero-order valence-corrected chi connectivity index (χ0v) is 23.1. The number of nitrogens with zero attached hydrogens (tertiary/aromatic N) is 7. The topological polar surface area (TPSA) is 254 Å². The summed E-state index contributed by atoms with van der Waals surface area (Å²) in [5, 5.41) is 20.9. The van der Waals surface area contributed by atoms with Crippen LogP contribution in [0.15, 0.2) is 23.8 Å². The molecule has 3 saturated heterocycles. The summed E-state index contributed by atoms with van der Waals surface area (Å²) in [6, 6.07) is 0. The molecular formula is C21H24FN10O8PS. The third kappa shape index (κ3) is 3.98. The molecule has 7 N–H and O–H groups in total. The molecule has 9 atom stereocenters. The normalized spacial score (nSPS) is 34.0. The number of nitrogen functional groups attached to an aromatic ring is 2. The number of anilines is 2. The summed E-state index contributed by atoms with van der Waals surface area (Å²) in [7, 11) is 0. The Bertz CT molecular complexity index is 1810. The van der Waals surface area contributed by atoms with E-state index in [4.69, 9.17) is 30.2 Å². The van der Waals surface area contributed by atoms with Gasteiger partial charge in [0.2, 0.25) is 5.95 Å². The second kappa shape index (κ2) is 9.64. The fourth-order valence-corrected chi connectivity index (χ4v) is 8.20. The number of halogens is 1. The van der Waals surface area contributed by atoms with Gasteiger partial charge in [0.05, 0.1) is 32.5 Å². The first-order chi connectivity index (χ1) is 20.0. The van der Waals surface area contributed by atoms with Crippen LogP contribution < -0.4 is 17.0 Å². The number of aliphatic hydroxyl groups excluding tert-OH is 2. The number of nitrogens with one attached hydrogen (secondary N) is 1. The molecule has 7 heterocycles. The van der Waals surface area contributed by atoms with Crippen LogP contribution in [0.2, 0.25) is 0 Å². The highest BCUT2D eigenvalue weighted by atomic mass is 32.7. The van der Waals surface area contributed by atoms with E-state index in [1.165, 1.54) is 21.8 Å². The number of fused-ring (bicyclic) bond motifs is 4. The molecule has 0 spiro atoms. The lowest BCUT2D eigenvalue weighted by Crippen LogP contribution is -2.45. The number of aliphatic hydroxyl groups is 2. The molecule has 18 nitrogen and oxygen atoms in total. The number of H-pyrrole nitrogens is 1. The number of hydrogen-bond acceptors (Lipinski definition) is 15. The van der Waals surface area contributed by atoms with Gasteiger partial charge in [0, 0.05) is 0 Å². The average Bonchev–Trinajstić information content (AvgIpc) is 3.75. The zero-order chi connectivity index (χ0) is 29.6. The van der Waals surface area contributed by atoms with Crippen LogP contribution in [0.5, 0.6) is 0 Å². The fraction of sp³-hybridized carbons (Fsp3) is 0.524. The molecule has 4 aromatic rings. The number of alkyl halides is 1. The van der Waals surface area contributed by atoms with Crippen LogP contribution in [0.25, 0.3) is 22.3 Å². The van der Waals surface area contributed by atoms with Crippen LogP contribution in [0.3, 0.4) is 0 Å². The Morgan fingerprint density at radius 1 is 1.19 bits per heavy atom. The quantitative estimate of drug-likeness (QED) is 0.105. The van der Waals surface area contributed by atoms with Crippen molar-refractivity contribution in [2.75, 3.05) is 31.3 Å². The third-order valence-electron chi connectivity index (χ3n) is 7.73. The molecule has 0 amide bonds. The lowest BCUT2D eigenvalue weighted by molar-refractivity contribution is -0.182. The highest BCUT2D eigenvalue weighted by Crippen LogP contribution is 2.65. The molecule has 2 unspecified atom stereocenters. The van der Waals surface area contributed by atoms with Gasteiger partial charge in [-0.3, -0.25) is 23.5 Å². The number of rotatable bonds is 7. The van der Waals surface area contributed by atoms with Gasteiger partial charge < -0.3 is 40.4 Å². The average molecular weight is 627 g/mol. The van der Waals surface area contributed by atoms with Gasteiger partial charge in [0.25, 0.3) is 12.1 Å². The molecular weight excluding hydrogens is 602 g/mol. The predicted octanol–water partition coefficient (Wildman–Crippen LogP) is -1.11. The minimum atomic E-state index is -4.30. The van der Waals surface area contributed by atoms with E-state index in [1.54, 1.807) is 0 Å². The highest BCUT2D eigenvalue weighted by Gasteiger charge is 2.63. The fourth-order valence-electron chi connectivity index (χ4n) is 5.64. The van der Waals surface area contributed by atoms with Crippen LogP contribution in [0.4, 0.5) is 16.2 Å². The molecule has 224 valence electrons. The van der Waals surface area contributed by atoms with E-state index in [1.807, 2.05) is 0 Å². The van der Waals surface area contributed by atoms with E-state index in [0.29, 0.717) is 11.2 Å². The molecule has 0 aliphatic carbocycles. The Labute approximate surface area is 238 Å². The lowest BCUT2D eigenvalue weighted by atomic mass is 10.0. The third-order valence-corrected chi connectivity index (χ3v) is 10.7. The first kappa shape index (κ1) is 27.6. The van der Waals surface area contributed by atoms with Crippen molar-refractivity contribution < 1.29 is 37.9 Å². The smallest absolute Gasteiger partial charge is 0.280 e. The van der Waals surface area contributed by atoms with Crippen LogP contribution in [0, 0.1) is 0 Å². The van der Waals surface area contributed by atoms with Gasteiger partial charge in [-0.25, -0.2) is 24.3 Å². The summed E-state index contributed by atoms with van der Waals surface area (Å²) in [5.74, 6) is -0.0814. The molecule has 2 bridgehead atoms. The maximum atomic E-state index is 15.7. The van der Waals surface area contributed by atoms with E-state index in [9.17, 15) is 19.6 Å². The highest BCUT2D eigenvalue weighted by molar-refractivity contribution is 8.46. The number of ether oxygens (including phenoxy) is 3.